The Kier molecular flexibility index (Phi) is 4.59. The minimum Gasteiger partial charge on any atom is -0.349 e. The van der Waals surface area contributed by atoms with E-state index in [1.54, 1.807) is 0 Å². The van der Waals surface area contributed by atoms with Gasteiger partial charge in [-0.15, -0.1) is 0 Å². The average molecular weight is 260 g/mol. The van der Waals surface area contributed by atoms with E-state index in [9.17, 15) is 4.79 Å². The quantitative estimate of drug-likeness (QED) is 0.876. The smallest absolute Gasteiger partial charge is 0.223 e. The van der Waals surface area contributed by atoms with Crippen LogP contribution in [0, 0.1) is 19.8 Å². The lowest BCUT2D eigenvalue weighted by Crippen LogP contribution is -2.39. The van der Waals surface area contributed by atoms with Crippen LogP contribution in [0.4, 0.5) is 0 Å². The monoisotopic (exact) mass is 260 g/mol. The molecule has 1 fully saturated rings. The second-order valence-corrected chi connectivity index (χ2v) is 5.61. The van der Waals surface area contributed by atoms with E-state index in [0.717, 1.165) is 25.9 Å². The third kappa shape index (κ3) is 3.57. The first kappa shape index (κ1) is 14.1. The Morgan fingerprint density at radius 2 is 2.00 bits per heavy atom. The highest BCUT2D eigenvalue weighted by Crippen LogP contribution is 2.20. The molecule has 1 aromatic carbocycles. The number of hydrogen-bond donors (Lipinski definition) is 2. The zero-order valence-corrected chi connectivity index (χ0v) is 12.1. The Labute approximate surface area is 115 Å². The molecule has 2 rings (SSSR count). The van der Waals surface area contributed by atoms with Crippen LogP contribution in [0.3, 0.4) is 0 Å². The first-order chi connectivity index (χ1) is 9.08. The molecule has 1 heterocycles. The minimum atomic E-state index is 0.0854. The van der Waals surface area contributed by atoms with Crippen molar-refractivity contribution < 1.29 is 4.79 Å². The fourth-order valence-electron chi connectivity index (χ4n) is 2.72. The molecule has 0 radical (unpaired) electrons. The van der Waals surface area contributed by atoms with Gasteiger partial charge in [-0.3, -0.25) is 4.79 Å². The molecule has 0 saturated carbocycles. The Bertz CT molecular complexity index is 450. The SMILES string of the molecule is Cc1ccc(C)c(C(C)NC(=O)C2CCNCC2)c1. The molecule has 2 N–H and O–H groups in total. The van der Waals surface area contributed by atoms with Crippen LogP contribution in [0.1, 0.15) is 42.5 Å². The van der Waals surface area contributed by atoms with Crippen LogP contribution in [-0.2, 0) is 4.79 Å². The molecule has 1 aliphatic rings. The molecule has 1 unspecified atom stereocenters. The highest BCUT2D eigenvalue weighted by atomic mass is 16.1. The summed E-state index contributed by atoms with van der Waals surface area (Å²) in [6.45, 7) is 8.17. The zero-order chi connectivity index (χ0) is 13.8. The van der Waals surface area contributed by atoms with E-state index in [-0.39, 0.29) is 17.9 Å². The Balaban J connectivity index is 2.01. The van der Waals surface area contributed by atoms with E-state index in [0.29, 0.717) is 0 Å². The van der Waals surface area contributed by atoms with Gasteiger partial charge < -0.3 is 10.6 Å². The van der Waals surface area contributed by atoms with Crippen molar-refractivity contribution in [1.82, 2.24) is 10.6 Å². The zero-order valence-electron chi connectivity index (χ0n) is 12.1. The molecule has 1 aliphatic heterocycles. The molecule has 3 nitrogen and oxygen atoms in total. The van der Waals surface area contributed by atoms with Crippen LogP contribution in [0.2, 0.25) is 0 Å². The maximum absolute atomic E-state index is 12.2. The molecule has 19 heavy (non-hydrogen) atoms. The van der Waals surface area contributed by atoms with Crippen LogP contribution in [-0.4, -0.2) is 19.0 Å². The van der Waals surface area contributed by atoms with Gasteiger partial charge in [-0.2, -0.15) is 0 Å². The molecule has 104 valence electrons. The van der Waals surface area contributed by atoms with Gasteiger partial charge in [0.15, 0.2) is 0 Å². The normalized spacial score (nSPS) is 18.1. The largest absolute Gasteiger partial charge is 0.349 e. The van der Waals surface area contributed by atoms with Gasteiger partial charge in [-0.1, -0.05) is 23.8 Å². The number of aryl methyl sites for hydroxylation is 2. The summed E-state index contributed by atoms with van der Waals surface area (Å²) in [7, 11) is 0. The van der Waals surface area contributed by atoms with Crippen molar-refractivity contribution in [2.45, 2.75) is 39.7 Å². The van der Waals surface area contributed by atoms with Crippen molar-refractivity contribution in [2.75, 3.05) is 13.1 Å². The summed E-state index contributed by atoms with van der Waals surface area (Å²) in [4.78, 5) is 12.2. The predicted molar refractivity (Wildman–Crippen MR) is 78.1 cm³/mol. The van der Waals surface area contributed by atoms with E-state index in [1.165, 1.54) is 16.7 Å². The molecular weight excluding hydrogens is 236 g/mol. The number of amides is 1. The summed E-state index contributed by atoms with van der Waals surface area (Å²) in [5.74, 6) is 0.378. The van der Waals surface area contributed by atoms with E-state index >= 15 is 0 Å². The van der Waals surface area contributed by atoms with Crippen molar-refractivity contribution >= 4 is 5.91 Å². The highest BCUT2D eigenvalue weighted by Gasteiger charge is 2.22. The van der Waals surface area contributed by atoms with Crippen molar-refractivity contribution in [1.29, 1.82) is 0 Å². The van der Waals surface area contributed by atoms with E-state index in [1.807, 2.05) is 0 Å². The van der Waals surface area contributed by atoms with Gasteiger partial charge in [0.05, 0.1) is 6.04 Å². The first-order valence-electron chi connectivity index (χ1n) is 7.16. The fraction of sp³-hybridized carbons (Fsp3) is 0.562. The molecule has 1 amide bonds. The maximum Gasteiger partial charge on any atom is 0.223 e. The summed E-state index contributed by atoms with van der Waals surface area (Å²) in [6.07, 6.45) is 1.90. The van der Waals surface area contributed by atoms with Crippen LogP contribution in [0.25, 0.3) is 0 Å². The maximum atomic E-state index is 12.2. The summed E-state index contributed by atoms with van der Waals surface area (Å²) in [6, 6.07) is 6.49. The molecule has 1 aromatic rings. The summed E-state index contributed by atoms with van der Waals surface area (Å²) in [5, 5.41) is 6.46. The number of carbonyl (C=O) groups excluding carboxylic acids is 1. The molecule has 0 bridgehead atoms. The van der Waals surface area contributed by atoms with Gasteiger partial charge in [-0.05, 0) is 57.8 Å². The standard InChI is InChI=1S/C16H24N2O/c1-11-4-5-12(2)15(10-11)13(3)18-16(19)14-6-8-17-9-7-14/h4-5,10,13-14,17H,6-9H2,1-3H3,(H,18,19). The third-order valence-corrected chi connectivity index (χ3v) is 3.97. The number of nitrogens with one attached hydrogen (secondary N) is 2. The van der Waals surface area contributed by atoms with Crippen molar-refractivity contribution in [3.63, 3.8) is 0 Å². The predicted octanol–water partition coefficient (Wildman–Crippen LogP) is 2.48. The number of piperidine rings is 1. The van der Waals surface area contributed by atoms with E-state index in [2.05, 4.69) is 49.6 Å². The molecule has 0 aliphatic carbocycles. The lowest BCUT2D eigenvalue weighted by atomic mass is 9.95. The van der Waals surface area contributed by atoms with Crippen LogP contribution in [0.15, 0.2) is 18.2 Å². The van der Waals surface area contributed by atoms with Gasteiger partial charge in [0.1, 0.15) is 0 Å². The minimum absolute atomic E-state index is 0.0854. The second kappa shape index (κ2) is 6.20. The Hall–Kier alpha value is -1.35. The Morgan fingerprint density at radius 3 is 2.68 bits per heavy atom. The number of rotatable bonds is 3. The van der Waals surface area contributed by atoms with Crippen LogP contribution in [0.5, 0.6) is 0 Å². The highest BCUT2D eigenvalue weighted by molar-refractivity contribution is 5.79. The molecule has 1 atom stereocenters. The van der Waals surface area contributed by atoms with Crippen molar-refractivity contribution in [2.24, 2.45) is 5.92 Å². The van der Waals surface area contributed by atoms with Gasteiger partial charge in [0, 0.05) is 5.92 Å². The Morgan fingerprint density at radius 1 is 1.32 bits per heavy atom. The molecule has 3 heteroatoms. The summed E-state index contributed by atoms with van der Waals surface area (Å²) in [5.41, 5.74) is 3.70. The third-order valence-electron chi connectivity index (χ3n) is 3.97. The summed E-state index contributed by atoms with van der Waals surface area (Å²) >= 11 is 0. The number of benzene rings is 1. The summed E-state index contributed by atoms with van der Waals surface area (Å²) < 4.78 is 0. The molecule has 1 saturated heterocycles. The lowest BCUT2D eigenvalue weighted by molar-refractivity contribution is -0.126. The van der Waals surface area contributed by atoms with E-state index < -0.39 is 0 Å². The van der Waals surface area contributed by atoms with Gasteiger partial charge in [-0.25, -0.2) is 0 Å². The number of carbonyl (C=O) groups is 1. The van der Waals surface area contributed by atoms with Crippen LogP contribution < -0.4 is 10.6 Å². The fourth-order valence-corrected chi connectivity index (χ4v) is 2.72. The molecular formula is C16H24N2O. The first-order valence-corrected chi connectivity index (χ1v) is 7.16. The van der Waals surface area contributed by atoms with Gasteiger partial charge >= 0.3 is 0 Å². The van der Waals surface area contributed by atoms with Gasteiger partial charge in [0.2, 0.25) is 5.91 Å². The molecule has 0 aromatic heterocycles. The second-order valence-electron chi connectivity index (χ2n) is 5.61. The lowest BCUT2D eigenvalue weighted by Gasteiger charge is -2.24. The topological polar surface area (TPSA) is 41.1 Å². The molecule has 0 spiro atoms. The van der Waals surface area contributed by atoms with Crippen molar-refractivity contribution in [3.05, 3.63) is 34.9 Å². The number of hydrogen-bond acceptors (Lipinski definition) is 2. The van der Waals surface area contributed by atoms with Crippen molar-refractivity contribution in [3.8, 4) is 0 Å². The van der Waals surface area contributed by atoms with E-state index in [4.69, 9.17) is 0 Å². The average Bonchev–Trinajstić information content (AvgIpc) is 2.42. The van der Waals surface area contributed by atoms with Gasteiger partial charge in [0.25, 0.3) is 0 Å². The van der Waals surface area contributed by atoms with Crippen LogP contribution >= 0.6 is 0 Å².